The van der Waals surface area contributed by atoms with E-state index in [0.717, 1.165) is 19.3 Å². The fraction of sp³-hybridized carbons (Fsp3) is 0.923. The molecule has 0 aromatic heterocycles. The first-order valence-electron chi connectivity index (χ1n) is 6.34. The smallest absolute Gasteiger partial charge is 0.141 e. The van der Waals surface area contributed by atoms with Crippen molar-refractivity contribution in [1.29, 1.82) is 0 Å². The molecule has 3 saturated carbocycles. The summed E-state index contributed by atoms with van der Waals surface area (Å²) in [7, 11) is 0. The summed E-state index contributed by atoms with van der Waals surface area (Å²) < 4.78 is 0. The van der Waals surface area contributed by atoms with E-state index in [9.17, 15) is 9.90 Å². The van der Waals surface area contributed by atoms with Crippen LogP contribution >= 0.6 is 0 Å². The van der Waals surface area contributed by atoms with Gasteiger partial charge >= 0.3 is 0 Å². The molecule has 3 aliphatic rings. The second kappa shape index (κ2) is 2.85. The molecule has 0 bridgehead atoms. The van der Waals surface area contributed by atoms with Gasteiger partial charge in [-0.25, -0.2) is 0 Å². The highest BCUT2D eigenvalue weighted by atomic mass is 16.3. The van der Waals surface area contributed by atoms with Gasteiger partial charge in [0, 0.05) is 6.42 Å². The third kappa shape index (κ3) is 1.01. The molecule has 4 atom stereocenters. The molecule has 2 unspecified atom stereocenters. The molecule has 84 valence electrons. The van der Waals surface area contributed by atoms with E-state index in [1.165, 1.54) is 19.3 Å². The number of fused-ring (bicyclic) bond motifs is 3. The molecule has 2 heteroatoms. The molecular formula is C13H20O2. The van der Waals surface area contributed by atoms with Gasteiger partial charge in [0.15, 0.2) is 0 Å². The highest BCUT2D eigenvalue weighted by molar-refractivity contribution is 5.89. The van der Waals surface area contributed by atoms with E-state index in [4.69, 9.17) is 0 Å². The Morgan fingerprint density at radius 2 is 2.07 bits per heavy atom. The monoisotopic (exact) mass is 208 g/mol. The molecule has 15 heavy (non-hydrogen) atoms. The number of hydrogen-bond donors (Lipinski definition) is 1. The van der Waals surface area contributed by atoms with E-state index in [1.807, 2.05) is 6.92 Å². The molecule has 3 rings (SSSR count). The van der Waals surface area contributed by atoms with Gasteiger partial charge in [-0.05, 0) is 38.0 Å². The maximum Gasteiger partial charge on any atom is 0.141 e. The quantitative estimate of drug-likeness (QED) is 0.663. The van der Waals surface area contributed by atoms with Crippen molar-refractivity contribution in [2.75, 3.05) is 0 Å². The maximum atomic E-state index is 12.0. The Morgan fingerprint density at radius 1 is 1.33 bits per heavy atom. The van der Waals surface area contributed by atoms with Crippen LogP contribution in [-0.2, 0) is 4.79 Å². The number of carbonyl (C=O) groups excluding carboxylic acids is 1. The Bertz CT molecular complexity index is 312. The average molecular weight is 208 g/mol. The highest BCUT2D eigenvalue weighted by Crippen LogP contribution is 2.63. The zero-order valence-corrected chi connectivity index (χ0v) is 9.46. The van der Waals surface area contributed by atoms with Gasteiger partial charge in [0.2, 0.25) is 0 Å². The van der Waals surface area contributed by atoms with Crippen LogP contribution in [0.1, 0.15) is 51.9 Å². The lowest BCUT2D eigenvalue weighted by molar-refractivity contribution is -0.134. The van der Waals surface area contributed by atoms with Crippen molar-refractivity contribution in [3.63, 3.8) is 0 Å². The van der Waals surface area contributed by atoms with Crippen LogP contribution in [0.2, 0.25) is 0 Å². The Kier molecular flexibility index (Phi) is 1.87. The number of Topliss-reactive ketones (excluding diaryl/α,β-unsaturated/α-hetero) is 1. The van der Waals surface area contributed by atoms with Crippen LogP contribution in [0.4, 0.5) is 0 Å². The molecule has 0 radical (unpaired) electrons. The third-order valence-electron chi connectivity index (χ3n) is 5.50. The van der Waals surface area contributed by atoms with Gasteiger partial charge in [0.1, 0.15) is 5.78 Å². The minimum atomic E-state index is -0.644. The largest absolute Gasteiger partial charge is 0.389 e. The molecule has 0 heterocycles. The Hall–Kier alpha value is -0.370. The van der Waals surface area contributed by atoms with E-state index in [1.54, 1.807) is 0 Å². The van der Waals surface area contributed by atoms with Crippen molar-refractivity contribution in [2.24, 2.45) is 17.3 Å². The van der Waals surface area contributed by atoms with Crippen molar-refractivity contribution in [3.05, 3.63) is 0 Å². The van der Waals surface area contributed by atoms with E-state index in [-0.39, 0.29) is 0 Å². The van der Waals surface area contributed by atoms with Crippen molar-refractivity contribution in [3.8, 4) is 0 Å². The molecule has 2 nitrogen and oxygen atoms in total. The lowest BCUT2D eigenvalue weighted by atomic mass is 9.72. The SMILES string of the molecule is C[C@]12CC3CCCCC3[C@@]1(O)CCC2=O. The fourth-order valence-electron chi connectivity index (χ4n) is 4.59. The van der Waals surface area contributed by atoms with E-state index in [0.29, 0.717) is 24.0 Å². The van der Waals surface area contributed by atoms with Crippen LogP contribution in [0.15, 0.2) is 0 Å². The third-order valence-corrected chi connectivity index (χ3v) is 5.50. The Balaban J connectivity index is 2.01. The predicted octanol–water partition coefficient (Wildman–Crippen LogP) is 2.30. The number of hydrogen-bond acceptors (Lipinski definition) is 2. The zero-order chi connectivity index (χ0) is 10.7. The van der Waals surface area contributed by atoms with Crippen LogP contribution in [0.25, 0.3) is 0 Å². The summed E-state index contributed by atoms with van der Waals surface area (Å²) in [5.41, 5.74) is -1.04. The summed E-state index contributed by atoms with van der Waals surface area (Å²) in [6.45, 7) is 2.01. The van der Waals surface area contributed by atoms with E-state index < -0.39 is 11.0 Å². The lowest BCUT2D eigenvalue weighted by Gasteiger charge is -2.37. The summed E-state index contributed by atoms with van der Waals surface area (Å²) >= 11 is 0. The number of rotatable bonds is 0. The molecule has 3 aliphatic carbocycles. The van der Waals surface area contributed by atoms with Gasteiger partial charge in [0.25, 0.3) is 0 Å². The zero-order valence-electron chi connectivity index (χ0n) is 9.46. The molecule has 1 N–H and O–H groups in total. The topological polar surface area (TPSA) is 37.3 Å². The molecule has 0 saturated heterocycles. The van der Waals surface area contributed by atoms with Crippen LogP contribution in [0.5, 0.6) is 0 Å². The first-order chi connectivity index (χ1) is 7.08. The van der Waals surface area contributed by atoms with E-state index >= 15 is 0 Å². The van der Waals surface area contributed by atoms with Crippen molar-refractivity contribution >= 4 is 5.78 Å². The fourth-order valence-corrected chi connectivity index (χ4v) is 4.59. The molecule has 0 aromatic rings. The van der Waals surface area contributed by atoms with Crippen LogP contribution in [0, 0.1) is 17.3 Å². The summed E-state index contributed by atoms with van der Waals surface area (Å²) in [6.07, 6.45) is 7.20. The number of carbonyl (C=O) groups is 1. The predicted molar refractivity (Wildman–Crippen MR) is 57.4 cm³/mol. The summed E-state index contributed by atoms with van der Waals surface area (Å²) in [5, 5.41) is 10.8. The summed E-state index contributed by atoms with van der Waals surface area (Å²) in [6, 6.07) is 0. The molecule has 0 amide bonds. The Labute approximate surface area is 91.1 Å². The van der Waals surface area contributed by atoms with Gasteiger partial charge in [-0.15, -0.1) is 0 Å². The molecule has 0 aliphatic heterocycles. The minimum absolute atomic E-state index is 0.319. The van der Waals surface area contributed by atoms with Crippen LogP contribution < -0.4 is 0 Å². The average Bonchev–Trinajstić information content (AvgIpc) is 2.58. The molecule has 3 fully saturated rings. The second-order valence-corrected chi connectivity index (χ2v) is 6.03. The first kappa shape index (κ1) is 9.83. The van der Waals surface area contributed by atoms with Crippen molar-refractivity contribution in [1.82, 2.24) is 0 Å². The van der Waals surface area contributed by atoms with Gasteiger partial charge in [-0.1, -0.05) is 19.3 Å². The first-order valence-corrected chi connectivity index (χ1v) is 6.34. The van der Waals surface area contributed by atoms with Gasteiger partial charge in [0.05, 0.1) is 11.0 Å². The van der Waals surface area contributed by atoms with Crippen molar-refractivity contribution < 1.29 is 9.90 Å². The summed E-state index contributed by atoms with van der Waals surface area (Å²) in [5.74, 6) is 1.36. The normalized spacial score (nSPS) is 54.1. The number of ketones is 1. The van der Waals surface area contributed by atoms with Gasteiger partial charge < -0.3 is 5.11 Å². The minimum Gasteiger partial charge on any atom is -0.389 e. The second-order valence-electron chi connectivity index (χ2n) is 6.03. The Morgan fingerprint density at radius 3 is 2.87 bits per heavy atom. The standard InChI is InChI=1S/C13H20O2/c1-12-8-9-4-2-3-5-10(9)13(12,15)7-6-11(12)14/h9-10,15H,2-8H2,1H3/t9?,10?,12-,13+/m1/s1. The molecule has 0 spiro atoms. The van der Waals surface area contributed by atoms with Crippen LogP contribution in [-0.4, -0.2) is 16.5 Å². The molecule has 0 aromatic carbocycles. The highest BCUT2D eigenvalue weighted by Gasteiger charge is 2.66. The lowest BCUT2D eigenvalue weighted by Crippen LogP contribution is -2.45. The van der Waals surface area contributed by atoms with E-state index in [2.05, 4.69) is 0 Å². The van der Waals surface area contributed by atoms with Gasteiger partial charge in [-0.3, -0.25) is 4.79 Å². The molecular weight excluding hydrogens is 188 g/mol. The number of aliphatic hydroxyl groups is 1. The van der Waals surface area contributed by atoms with Crippen molar-refractivity contribution in [2.45, 2.75) is 57.5 Å². The maximum absolute atomic E-state index is 12.0. The van der Waals surface area contributed by atoms with Crippen LogP contribution in [0.3, 0.4) is 0 Å². The summed E-state index contributed by atoms with van der Waals surface area (Å²) in [4.78, 5) is 12.0. The van der Waals surface area contributed by atoms with Gasteiger partial charge in [-0.2, -0.15) is 0 Å².